The molecule has 0 aliphatic heterocycles. The van der Waals surface area contributed by atoms with E-state index >= 15 is 0 Å². The van der Waals surface area contributed by atoms with E-state index in [-0.39, 0.29) is 11.7 Å². The Labute approximate surface area is 140 Å². The number of amides is 1. The first-order chi connectivity index (χ1) is 11.5. The molecule has 126 valence electrons. The average Bonchev–Trinajstić information content (AvgIpc) is 2.60. The van der Waals surface area contributed by atoms with E-state index in [1.165, 1.54) is 21.1 Å². The second-order valence-corrected chi connectivity index (χ2v) is 4.99. The summed E-state index contributed by atoms with van der Waals surface area (Å²) in [5.41, 5.74) is 1.14. The molecule has 2 aromatic carbocycles. The molecule has 0 aliphatic carbocycles. The highest BCUT2D eigenvalue weighted by molar-refractivity contribution is 6.14. The highest BCUT2D eigenvalue weighted by Crippen LogP contribution is 2.34. The molecule has 1 N–H and O–H groups in total. The summed E-state index contributed by atoms with van der Waals surface area (Å²) < 4.78 is 15.6. The molecule has 0 bridgehead atoms. The van der Waals surface area contributed by atoms with Gasteiger partial charge in [0.1, 0.15) is 5.75 Å². The van der Waals surface area contributed by atoms with Crippen LogP contribution in [0.3, 0.4) is 0 Å². The van der Waals surface area contributed by atoms with Crippen LogP contribution in [0.15, 0.2) is 36.4 Å². The quantitative estimate of drug-likeness (QED) is 0.825. The predicted molar refractivity (Wildman–Crippen MR) is 90.3 cm³/mol. The monoisotopic (exact) mass is 329 g/mol. The van der Waals surface area contributed by atoms with E-state index in [2.05, 4.69) is 5.32 Å². The Hall–Kier alpha value is -3.02. The molecule has 2 rings (SSSR count). The van der Waals surface area contributed by atoms with E-state index in [1.807, 2.05) is 0 Å². The van der Waals surface area contributed by atoms with Gasteiger partial charge in [0, 0.05) is 18.6 Å². The number of carbonyl (C=O) groups is 2. The number of carbonyl (C=O) groups excluding carboxylic acids is 2. The molecule has 0 aliphatic rings. The zero-order valence-corrected chi connectivity index (χ0v) is 14.0. The van der Waals surface area contributed by atoms with Gasteiger partial charge in [0.25, 0.3) is 0 Å². The number of nitrogens with one attached hydrogen (secondary N) is 1. The Kier molecular flexibility index (Phi) is 5.42. The zero-order valence-electron chi connectivity index (χ0n) is 14.0. The van der Waals surface area contributed by atoms with Gasteiger partial charge in [0.15, 0.2) is 17.3 Å². The van der Waals surface area contributed by atoms with Crippen LogP contribution in [0.4, 0.5) is 5.69 Å². The minimum absolute atomic E-state index is 0.248. The number of hydrogen-bond donors (Lipinski definition) is 1. The number of benzene rings is 2. The van der Waals surface area contributed by atoms with Crippen LogP contribution >= 0.6 is 0 Å². The second kappa shape index (κ2) is 7.50. The van der Waals surface area contributed by atoms with Gasteiger partial charge >= 0.3 is 0 Å². The molecule has 0 saturated carbocycles. The van der Waals surface area contributed by atoms with Crippen LogP contribution < -0.4 is 19.5 Å². The summed E-state index contributed by atoms with van der Waals surface area (Å²) in [5, 5.41) is 2.65. The summed E-state index contributed by atoms with van der Waals surface area (Å²) in [6, 6.07) is 9.84. The lowest BCUT2D eigenvalue weighted by Crippen LogP contribution is -2.12. The second-order valence-electron chi connectivity index (χ2n) is 4.99. The summed E-state index contributed by atoms with van der Waals surface area (Å²) in [6.07, 6.45) is 0. The highest BCUT2D eigenvalue weighted by Gasteiger charge is 2.19. The maximum atomic E-state index is 12.8. The number of hydrogen-bond acceptors (Lipinski definition) is 5. The van der Waals surface area contributed by atoms with Crippen molar-refractivity contribution < 1.29 is 23.8 Å². The third-order valence-corrected chi connectivity index (χ3v) is 3.43. The van der Waals surface area contributed by atoms with E-state index in [0.717, 1.165) is 0 Å². The molecule has 0 fully saturated rings. The molecule has 0 heterocycles. The Morgan fingerprint density at radius 1 is 0.875 bits per heavy atom. The van der Waals surface area contributed by atoms with Gasteiger partial charge in [-0.05, 0) is 30.3 Å². The maximum absolute atomic E-state index is 12.8. The molecular formula is C18H19NO5. The number of methoxy groups -OCH3 is 3. The summed E-state index contributed by atoms with van der Waals surface area (Å²) in [5.74, 6) is 0.949. The van der Waals surface area contributed by atoms with Crippen molar-refractivity contribution >= 4 is 17.4 Å². The Bertz CT molecular complexity index is 753. The highest BCUT2D eigenvalue weighted by atomic mass is 16.5. The van der Waals surface area contributed by atoms with Crippen molar-refractivity contribution in [3.8, 4) is 17.2 Å². The van der Waals surface area contributed by atoms with E-state index < -0.39 is 0 Å². The Morgan fingerprint density at radius 2 is 1.46 bits per heavy atom. The van der Waals surface area contributed by atoms with Crippen LogP contribution in [0, 0.1) is 0 Å². The molecule has 0 aromatic heterocycles. The summed E-state index contributed by atoms with van der Waals surface area (Å²) >= 11 is 0. The lowest BCUT2D eigenvalue weighted by atomic mass is 10.0. The molecule has 1 amide bonds. The molecular weight excluding hydrogens is 310 g/mol. The Morgan fingerprint density at radius 3 is 1.96 bits per heavy atom. The standard InChI is InChI=1S/C18H19NO5/c1-11(20)19-15-10-17(24-4)16(23-3)9-14(15)18(21)12-5-7-13(22-2)8-6-12/h5-10H,1-4H3,(H,19,20). The molecule has 0 atom stereocenters. The van der Waals surface area contributed by atoms with Crippen molar-refractivity contribution in [2.24, 2.45) is 0 Å². The number of ketones is 1. The van der Waals surface area contributed by atoms with E-state index in [9.17, 15) is 9.59 Å². The van der Waals surface area contributed by atoms with Gasteiger partial charge in [-0.15, -0.1) is 0 Å². The molecule has 0 radical (unpaired) electrons. The van der Waals surface area contributed by atoms with Gasteiger partial charge < -0.3 is 19.5 Å². The van der Waals surface area contributed by atoms with Crippen molar-refractivity contribution in [2.75, 3.05) is 26.6 Å². The maximum Gasteiger partial charge on any atom is 0.221 e. The molecule has 2 aromatic rings. The molecule has 6 heteroatoms. The fourth-order valence-corrected chi connectivity index (χ4v) is 2.26. The van der Waals surface area contributed by atoms with Crippen molar-refractivity contribution in [2.45, 2.75) is 6.92 Å². The molecule has 0 unspecified atom stereocenters. The van der Waals surface area contributed by atoms with Gasteiger partial charge in [0.05, 0.1) is 32.6 Å². The van der Waals surface area contributed by atoms with Gasteiger partial charge in [-0.2, -0.15) is 0 Å². The van der Waals surface area contributed by atoms with Gasteiger partial charge in [-0.3, -0.25) is 9.59 Å². The number of ether oxygens (including phenoxy) is 3. The first kappa shape index (κ1) is 17.3. The van der Waals surface area contributed by atoms with Crippen LogP contribution in [-0.2, 0) is 4.79 Å². The fourth-order valence-electron chi connectivity index (χ4n) is 2.26. The Balaban J connectivity index is 2.52. The lowest BCUT2D eigenvalue weighted by molar-refractivity contribution is -0.114. The third kappa shape index (κ3) is 3.65. The third-order valence-electron chi connectivity index (χ3n) is 3.43. The van der Waals surface area contributed by atoms with Gasteiger partial charge in [0.2, 0.25) is 5.91 Å². The number of anilines is 1. The van der Waals surface area contributed by atoms with Crippen LogP contribution in [0.1, 0.15) is 22.8 Å². The molecule has 24 heavy (non-hydrogen) atoms. The zero-order chi connectivity index (χ0) is 17.7. The largest absolute Gasteiger partial charge is 0.497 e. The number of rotatable bonds is 6. The van der Waals surface area contributed by atoms with Crippen LogP contribution in [0.25, 0.3) is 0 Å². The smallest absolute Gasteiger partial charge is 0.221 e. The van der Waals surface area contributed by atoms with Gasteiger partial charge in [-0.1, -0.05) is 0 Å². The predicted octanol–water partition coefficient (Wildman–Crippen LogP) is 2.90. The first-order valence-electron chi connectivity index (χ1n) is 7.22. The fraction of sp³-hybridized carbons (Fsp3) is 0.222. The average molecular weight is 329 g/mol. The van der Waals surface area contributed by atoms with Crippen molar-refractivity contribution in [1.82, 2.24) is 0 Å². The lowest BCUT2D eigenvalue weighted by Gasteiger charge is -2.14. The van der Waals surface area contributed by atoms with Crippen molar-refractivity contribution in [1.29, 1.82) is 0 Å². The minimum atomic E-state index is -0.286. The summed E-state index contributed by atoms with van der Waals surface area (Å²) in [7, 11) is 4.53. The van der Waals surface area contributed by atoms with E-state index in [0.29, 0.717) is 34.1 Å². The van der Waals surface area contributed by atoms with Crippen LogP contribution in [0.2, 0.25) is 0 Å². The molecule has 0 spiro atoms. The van der Waals surface area contributed by atoms with Crippen molar-refractivity contribution in [3.63, 3.8) is 0 Å². The topological polar surface area (TPSA) is 73.9 Å². The summed E-state index contributed by atoms with van der Waals surface area (Å²) in [6.45, 7) is 1.37. The van der Waals surface area contributed by atoms with Crippen LogP contribution in [-0.4, -0.2) is 33.0 Å². The first-order valence-corrected chi connectivity index (χ1v) is 7.22. The SMILES string of the molecule is COc1ccc(C(=O)c2cc(OC)c(OC)cc2NC(C)=O)cc1. The van der Waals surface area contributed by atoms with E-state index in [1.54, 1.807) is 43.5 Å². The van der Waals surface area contributed by atoms with Crippen molar-refractivity contribution in [3.05, 3.63) is 47.5 Å². The molecule has 0 saturated heterocycles. The normalized spacial score (nSPS) is 10.0. The van der Waals surface area contributed by atoms with Crippen LogP contribution in [0.5, 0.6) is 17.2 Å². The van der Waals surface area contributed by atoms with E-state index in [4.69, 9.17) is 14.2 Å². The minimum Gasteiger partial charge on any atom is -0.497 e. The van der Waals surface area contributed by atoms with Gasteiger partial charge in [-0.25, -0.2) is 0 Å². The summed E-state index contributed by atoms with van der Waals surface area (Å²) in [4.78, 5) is 24.3. The molecule has 6 nitrogen and oxygen atoms in total.